The van der Waals surface area contributed by atoms with Crippen LogP contribution < -0.4 is 5.32 Å². The maximum absolute atomic E-state index is 11.4. The lowest BCUT2D eigenvalue weighted by Crippen LogP contribution is -2.13. The van der Waals surface area contributed by atoms with Crippen LogP contribution >= 0.6 is 0 Å². The number of hydrogen-bond donors (Lipinski definition) is 1. The number of rotatable bonds is 2. The Kier molecular flexibility index (Phi) is 3.80. The first-order valence-corrected chi connectivity index (χ1v) is 6.00. The van der Waals surface area contributed by atoms with Crippen LogP contribution in [0.2, 0.25) is 0 Å². The van der Waals surface area contributed by atoms with Gasteiger partial charge in [-0.15, -0.1) is 0 Å². The highest BCUT2D eigenvalue weighted by atomic mass is 16.5. The van der Waals surface area contributed by atoms with Crippen molar-refractivity contribution in [2.75, 3.05) is 12.4 Å². The summed E-state index contributed by atoms with van der Waals surface area (Å²) in [6.07, 6.45) is -0.495. The minimum absolute atomic E-state index is 0.495. The summed E-state index contributed by atoms with van der Waals surface area (Å²) in [7, 11) is 1.34. The van der Waals surface area contributed by atoms with Gasteiger partial charge in [0.25, 0.3) is 0 Å². The Labute approximate surface area is 112 Å². The minimum Gasteiger partial charge on any atom is -0.453 e. The second-order valence-corrected chi connectivity index (χ2v) is 4.25. The third-order valence-electron chi connectivity index (χ3n) is 2.83. The molecule has 0 radical (unpaired) electrons. The number of amides is 1. The van der Waals surface area contributed by atoms with Crippen molar-refractivity contribution in [1.82, 2.24) is 4.98 Å². The maximum atomic E-state index is 11.4. The van der Waals surface area contributed by atoms with E-state index in [0.29, 0.717) is 5.69 Å². The van der Waals surface area contributed by atoms with Crippen molar-refractivity contribution in [3.8, 4) is 11.1 Å². The highest BCUT2D eigenvalue weighted by molar-refractivity contribution is 5.92. The predicted octanol–water partition coefficient (Wildman–Crippen LogP) is 3.54. The van der Waals surface area contributed by atoms with E-state index in [-0.39, 0.29) is 0 Å². The number of methoxy groups -OCH3 is 1. The fourth-order valence-electron chi connectivity index (χ4n) is 1.98. The molecule has 4 heteroatoms. The lowest BCUT2D eigenvalue weighted by atomic mass is 10.0. The zero-order chi connectivity index (χ0) is 13.8. The third kappa shape index (κ3) is 2.91. The van der Waals surface area contributed by atoms with Crippen LogP contribution in [0.3, 0.4) is 0 Å². The van der Waals surface area contributed by atoms with Gasteiger partial charge in [0, 0.05) is 11.3 Å². The standard InChI is InChI=1S/C15H16N2O2/c1-10-9-13(12-7-5-4-6-8-12)14(11(2)16-10)17-15(18)19-3/h4-9H,1-3H3,(H,17,18). The Hall–Kier alpha value is -2.36. The third-order valence-corrected chi connectivity index (χ3v) is 2.83. The number of aromatic nitrogens is 1. The first-order valence-electron chi connectivity index (χ1n) is 6.00. The molecule has 0 spiro atoms. The number of aryl methyl sites for hydroxylation is 2. The maximum Gasteiger partial charge on any atom is 0.411 e. The molecule has 0 saturated heterocycles. The molecule has 1 aromatic carbocycles. The van der Waals surface area contributed by atoms with E-state index in [0.717, 1.165) is 22.5 Å². The van der Waals surface area contributed by atoms with E-state index in [1.165, 1.54) is 7.11 Å². The fourth-order valence-corrected chi connectivity index (χ4v) is 1.98. The zero-order valence-electron chi connectivity index (χ0n) is 11.2. The zero-order valence-corrected chi connectivity index (χ0v) is 11.2. The van der Waals surface area contributed by atoms with Crippen LogP contribution in [-0.4, -0.2) is 18.2 Å². The van der Waals surface area contributed by atoms with Gasteiger partial charge in [-0.2, -0.15) is 0 Å². The van der Waals surface area contributed by atoms with Crippen LogP contribution in [0.1, 0.15) is 11.4 Å². The van der Waals surface area contributed by atoms with Gasteiger partial charge in [0.2, 0.25) is 0 Å². The highest BCUT2D eigenvalue weighted by Gasteiger charge is 2.13. The molecule has 1 amide bonds. The molecule has 0 fully saturated rings. The second kappa shape index (κ2) is 5.52. The van der Waals surface area contributed by atoms with E-state index in [9.17, 15) is 4.79 Å². The Morgan fingerprint density at radius 2 is 1.89 bits per heavy atom. The van der Waals surface area contributed by atoms with E-state index >= 15 is 0 Å². The van der Waals surface area contributed by atoms with Gasteiger partial charge >= 0.3 is 6.09 Å². The predicted molar refractivity (Wildman–Crippen MR) is 75.2 cm³/mol. The highest BCUT2D eigenvalue weighted by Crippen LogP contribution is 2.30. The summed E-state index contributed by atoms with van der Waals surface area (Å²) in [5.41, 5.74) is 4.33. The monoisotopic (exact) mass is 256 g/mol. The molecule has 2 rings (SSSR count). The molecule has 19 heavy (non-hydrogen) atoms. The van der Waals surface area contributed by atoms with Gasteiger partial charge in [0.05, 0.1) is 18.5 Å². The molecule has 4 nitrogen and oxygen atoms in total. The minimum atomic E-state index is -0.495. The van der Waals surface area contributed by atoms with Gasteiger partial charge in [-0.05, 0) is 25.5 Å². The molecule has 98 valence electrons. The number of nitrogens with one attached hydrogen (secondary N) is 1. The van der Waals surface area contributed by atoms with Crippen LogP contribution in [0, 0.1) is 13.8 Å². The second-order valence-electron chi connectivity index (χ2n) is 4.25. The molecule has 1 heterocycles. The summed E-state index contributed by atoms with van der Waals surface area (Å²) in [6, 6.07) is 11.8. The number of benzene rings is 1. The molecular weight excluding hydrogens is 240 g/mol. The van der Waals surface area contributed by atoms with Crippen LogP contribution in [0.15, 0.2) is 36.4 Å². The molecule has 0 aliphatic rings. The average Bonchev–Trinajstić information content (AvgIpc) is 2.42. The van der Waals surface area contributed by atoms with Gasteiger partial charge in [-0.3, -0.25) is 10.3 Å². The molecule has 1 aromatic heterocycles. The number of carbonyl (C=O) groups excluding carboxylic acids is 1. The van der Waals surface area contributed by atoms with E-state index < -0.39 is 6.09 Å². The van der Waals surface area contributed by atoms with E-state index in [4.69, 9.17) is 0 Å². The van der Waals surface area contributed by atoms with E-state index in [1.807, 2.05) is 50.2 Å². The van der Waals surface area contributed by atoms with Crippen LogP contribution in [-0.2, 0) is 4.74 Å². The summed E-state index contributed by atoms with van der Waals surface area (Å²) >= 11 is 0. The number of hydrogen-bond acceptors (Lipinski definition) is 3. The van der Waals surface area contributed by atoms with E-state index in [2.05, 4.69) is 15.0 Å². The van der Waals surface area contributed by atoms with Crippen molar-refractivity contribution < 1.29 is 9.53 Å². The van der Waals surface area contributed by atoms with Crippen molar-refractivity contribution in [3.63, 3.8) is 0 Å². The van der Waals surface area contributed by atoms with Crippen molar-refractivity contribution in [2.45, 2.75) is 13.8 Å². The van der Waals surface area contributed by atoms with Gasteiger partial charge in [0.15, 0.2) is 0 Å². The fraction of sp³-hybridized carbons (Fsp3) is 0.200. The lowest BCUT2D eigenvalue weighted by Gasteiger charge is -2.14. The molecule has 0 bridgehead atoms. The van der Waals surface area contributed by atoms with Gasteiger partial charge in [-0.1, -0.05) is 30.3 Å². The SMILES string of the molecule is COC(=O)Nc1c(-c2ccccc2)cc(C)nc1C. The molecule has 2 aromatic rings. The van der Waals surface area contributed by atoms with Crippen LogP contribution in [0.5, 0.6) is 0 Å². The number of nitrogens with zero attached hydrogens (tertiary/aromatic N) is 1. The van der Waals surface area contributed by atoms with Crippen LogP contribution in [0.4, 0.5) is 10.5 Å². The molecule has 0 aliphatic carbocycles. The quantitative estimate of drug-likeness (QED) is 0.894. The summed E-state index contributed by atoms with van der Waals surface area (Å²) in [6.45, 7) is 3.80. The molecule has 0 aliphatic heterocycles. The van der Waals surface area contributed by atoms with Crippen molar-refractivity contribution >= 4 is 11.8 Å². The smallest absolute Gasteiger partial charge is 0.411 e. The summed E-state index contributed by atoms with van der Waals surface area (Å²) < 4.78 is 4.65. The Morgan fingerprint density at radius 3 is 2.53 bits per heavy atom. The number of pyridine rings is 1. The lowest BCUT2D eigenvalue weighted by molar-refractivity contribution is 0.187. The van der Waals surface area contributed by atoms with Crippen molar-refractivity contribution in [1.29, 1.82) is 0 Å². The van der Waals surface area contributed by atoms with Gasteiger partial charge < -0.3 is 4.74 Å². The molecule has 1 N–H and O–H groups in total. The molecular formula is C15H16N2O2. The molecule has 0 saturated carbocycles. The molecule has 0 atom stereocenters. The first-order chi connectivity index (χ1) is 9.11. The number of ether oxygens (including phenoxy) is 1. The Morgan fingerprint density at radius 1 is 1.21 bits per heavy atom. The molecule has 0 unspecified atom stereocenters. The van der Waals surface area contributed by atoms with Crippen LogP contribution in [0.25, 0.3) is 11.1 Å². The Bertz CT molecular complexity index is 595. The average molecular weight is 256 g/mol. The Balaban J connectivity index is 2.55. The van der Waals surface area contributed by atoms with E-state index in [1.54, 1.807) is 0 Å². The summed E-state index contributed by atoms with van der Waals surface area (Å²) in [5.74, 6) is 0. The summed E-state index contributed by atoms with van der Waals surface area (Å²) in [5, 5.41) is 2.73. The number of carbonyl (C=O) groups is 1. The van der Waals surface area contributed by atoms with Crippen molar-refractivity contribution in [2.24, 2.45) is 0 Å². The van der Waals surface area contributed by atoms with Gasteiger partial charge in [-0.25, -0.2) is 4.79 Å². The largest absolute Gasteiger partial charge is 0.453 e. The summed E-state index contributed by atoms with van der Waals surface area (Å²) in [4.78, 5) is 15.8. The number of anilines is 1. The normalized spacial score (nSPS) is 10.1. The van der Waals surface area contributed by atoms with Crippen molar-refractivity contribution in [3.05, 3.63) is 47.8 Å². The first kappa shape index (κ1) is 13.1. The topological polar surface area (TPSA) is 51.2 Å². The van der Waals surface area contributed by atoms with Gasteiger partial charge in [0.1, 0.15) is 0 Å².